The maximum Gasteiger partial charge on any atom is 0.270 e. The van der Waals surface area contributed by atoms with Gasteiger partial charge in [0.2, 0.25) is 10.0 Å². The van der Waals surface area contributed by atoms with Crippen LogP contribution in [0.2, 0.25) is 0 Å². The Morgan fingerprint density at radius 2 is 1.88 bits per heavy atom. The highest BCUT2D eigenvalue weighted by atomic mass is 32.2. The number of methoxy groups -OCH3 is 1. The average Bonchev–Trinajstić information content (AvgIpc) is 3.15. The van der Waals surface area contributed by atoms with Gasteiger partial charge in [-0.1, -0.05) is 0 Å². The second-order valence-electron chi connectivity index (χ2n) is 5.91. The first-order chi connectivity index (χ1) is 11.9. The average molecular weight is 363 g/mol. The van der Waals surface area contributed by atoms with Gasteiger partial charge in [-0.15, -0.1) is 0 Å². The standard InChI is InChI=1S/C17H21N3O4S/c1-13-12-14(5-6-16(13)24-2)25(22,23)20-10-8-19(9-11-20)17(21)15-4-3-7-18-15/h3-7,12,18H,8-11H2,1-2H3. The van der Waals surface area contributed by atoms with Crippen LogP contribution in [0.25, 0.3) is 0 Å². The van der Waals surface area contributed by atoms with Gasteiger partial charge in [0.1, 0.15) is 11.4 Å². The summed E-state index contributed by atoms with van der Waals surface area (Å²) in [5.41, 5.74) is 1.28. The van der Waals surface area contributed by atoms with Gasteiger partial charge >= 0.3 is 0 Å². The third-order valence-electron chi connectivity index (χ3n) is 4.36. The predicted octanol–water partition coefficient (Wildman–Crippen LogP) is 1.48. The number of carbonyl (C=O) groups is 1. The minimum Gasteiger partial charge on any atom is -0.496 e. The molecule has 3 rings (SSSR count). The fraction of sp³-hybridized carbons (Fsp3) is 0.353. The van der Waals surface area contributed by atoms with Gasteiger partial charge in [-0.3, -0.25) is 4.79 Å². The lowest BCUT2D eigenvalue weighted by atomic mass is 10.2. The number of H-pyrrole nitrogens is 1. The van der Waals surface area contributed by atoms with Gasteiger partial charge in [0.05, 0.1) is 12.0 Å². The molecule has 0 bridgehead atoms. The quantitative estimate of drug-likeness (QED) is 0.892. The topological polar surface area (TPSA) is 82.7 Å². The molecule has 1 fully saturated rings. The van der Waals surface area contributed by atoms with E-state index < -0.39 is 10.0 Å². The molecule has 1 aromatic carbocycles. The molecule has 0 saturated carbocycles. The lowest BCUT2D eigenvalue weighted by Crippen LogP contribution is -2.50. The van der Waals surface area contributed by atoms with Crippen LogP contribution < -0.4 is 4.74 Å². The first-order valence-electron chi connectivity index (χ1n) is 8.01. The molecule has 0 spiro atoms. The SMILES string of the molecule is COc1ccc(S(=O)(=O)N2CCN(C(=O)c3ccc[nH]3)CC2)cc1C. The fourth-order valence-electron chi connectivity index (χ4n) is 2.93. The molecule has 2 aromatic rings. The zero-order valence-electron chi connectivity index (χ0n) is 14.2. The molecule has 0 unspecified atom stereocenters. The number of hydrogen-bond donors (Lipinski definition) is 1. The predicted molar refractivity (Wildman–Crippen MR) is 93.2 cm³/mol. The highest BCUT2D eigenvalue weighted by molar-refractivity contribution is 7.89. The summed E-state index contributed by atoms with van der Waals surface area (Å²) < 4.78 is 32.2. The summed E-state index contributed by atoms with van der Waals surface area (Å²) in [4.78, 5) is 17.1. The highest BCUT2D eigenvalue weighted by Gasteiger charge is 2.30. The van der Waals surface area contributed by atoms with Gasteiger partial charge in [-0.05, 0) is 42.8 Å². The van der Waals surface area contributed by atoms with E-state index in [0.717, 1.165) is 5.56 Å². The van der Waals surface area contributed by atoms with E-state index in [2.05, 4.69) is 4.98 Å². The number of aromatic amines is 1. The highest BCUT2D eigenvalue weighted by Crippen LogP contribution is 2.24. The summed E-state index contributed by atoms with van der Waals surface area (Å²) in [5.74, 6) is 0.544. The largest absolute Gasteiger partial charge is 0.496 e. The van der Waals surface area contributed by atoms with Gasteiger partial charge < -0.3 is 14.6 Å². The van der Waals surface area contributed by atoms with Crippen LogP contribution in [-0.4, -0.2) is 61.8 Å². The van der Waals surface area contributed by atoms with Crippen molar-refractivity contribution < 1.29 is 17.9 Å². The van der Waals surface area contributed by atoms with Crippen molar-refractivity contribution in [2.24, 2.45) is 0 Å². The summed E-state index contributed by atoms with van der Waals surface area (Å²) in [6.07, 6.45) is 1.69. The number of aromatic nitrogens is 1. The lowest BCUT2D eigenvalue weighted by Gasteiger charge is -2.33. The normalized spacial score (nSPS) is 16.0. The maximum atomic E-state index is 12.8. The first kappa shape index (κ1) is 17.5. The number of carbonyl (C=O) groups excluding carboxylic acids is 1. The van der Waals surface area contributed by atoms with Gasteiger partial charge in [-0.2, -0.15) is 4.31 Å². The van der Waals surface area contributed by atoms with Crippen molar-refractivity contribution >= 4 is 15.9 Å². The number of nitrogens with one attached hydrogen (secondary N) is 1. The smallest absolute Gasteiger partial charge is 0.270 e. The third kappa shape index (κ3) is 3.40. The fourth-order valence-corrected chi connectivity index (χ4v) is 4.43. The molecule has 1 aromatic heterocycles. The van der Waals surface area contributed by atoms with E-state index in [-0.39, 0.29) is 23.9 Å². The van der Waals surface area contributed by atoms with E-state index in [0.29, 0.717) is 24.5 Å². The number of aryl methyl sites for hydroxylation is 1. The molecule has 0 aliphatic carbocycles. The molecule has 0 atom stereocenters. The Hall–Kier alpha value is -2.32. The molecule has 7 nitrogen and oxygen atoms in total. The van der Waals surface area contributed by atoms with Gasteiger partial charge in [0.15, 0.2) is 0 Å². The van der Waals surface area contributed by atoms with E-state index in [4.69, 9.17) is 4.74 Å². The number of nitrogens with zero attached hydrogens (tertiary/aromatic N) is 2. The minimum absolute atomic E-state index is 0.109. The van der Waals surface area contributed by atoms with E-state index in [1.807, 2.05) is 6.92 Å². The number of hydrogen-bond acceptors (Lipinski definition) is 4. The molecule has 1 saturated heterocycles. The number of amides is 1. The lowest BCUT2D eigenvalue weighted by molar-refractivity contribution is 0.0692. The van der Waals surface area contributed by atoms with Crippen molar-refractivity contribution in [3.8, 4) is 5.75 Å². The van der Waals surface area contributed by atoms with Crippen molar-refractivity contribution in [2.75, 3.05) is 33.3 Å². The molecular formula is C17H21N3O4S. The molecule has 1 aliphatic heterocycles. The minimum atomic E-state index is -3.58. The van der Waals surface area contributed by atoms with E-state index in [1.54, 1.807) is 48.5 Å². The summed E-state index contributed by atoms with van der Waals surface area (Å²) in [5, 5.41) is 0. The van der Waals surface area contributed by atoms with Crippen LogP contribution in [0.5, 0.6) is 5.75 Å². The van der Waals surface area contributed by atoms with Gasteiger partial charge in [0.25, 0.3) is 5.91 Å². The van der Waals surface area contributed by atoms with E-state index in [1.165, 1.54) is 4.31 Å². The molecule has 1 amide bonds. The van der Waals surface area contributed by atoms with Gasteiger partial charge in [0, 0.05) is 32.4 Å². The Morgan fingerprint density at radius 1 is 1.16 bits per heavy atom. The Labute approximate surface area is 147 Å². The molecule has 2 heterocycles. The van der Waals surface area contributed by atoms with E-state index >= 15 is 0 Å². The Morgan fingerprint density at radius 3 is 2.44 bits per heavy atom. The maximum absolute atomic E-state index is 12.8. The summed E-state index contributed by atoms with van der Waals surface area (Å²) >= 11 is 0. The van der Waals surface area contributed by atoms with Crippen LogP contribution in [0.1, 0.15) is 16.1 Å². The van der Waals surface area contributed by atoms with Gasteiger partial charge in [-0.25, -0.2) is 8.42 Å². The Balaban J connectivity index is 1.71. The van der Waals surface area contributed by atoms with Crippen molar-refractivity contribution in [2.45, 2.75) is 11.8 Å². The van der Waals surface area contributed by atoms with Crippen molar-refractivity contribution in [3.05, 3.63) is 47.8 Å². The molecule has 1 aliphatic rings. The van der Waals surface area contributed by atoms with Crippen molar-refractivity contribution in [1.29, 1.82) is 0 Å². The summed E-state index contributed by atoms with van der Waals surface area (Å²) in [7, 11) is -2.03. The molecular weight excluding hydrogens is 342 g/mol. The number of piperazine rings is 1. The van der Waals surface area contributed by atoms with Crippen molar-refractivity contribution in [3.63, 3.8) is 0 Å². The summed E-state index contributed by atoms with van der Waals surface area (Å²) in [6.45, 7) is 3.10. The van der Waals surface area contributed by atoms with Crippen LogP contribution in [0.3, 0.4) is 0 Å². The zero-order chi connectivity index (χ0) is 18.0. The van der Waals surface area contributed by atoms with Crippen LogP contribution in [0.4, 0.5) is 0 Å². The Kier molecular flexibility index (Phi) is 4.82. The van der Waals surface area contributed by atoms with Crippen molar-refractivity contribution in [1.82, 2.24) is 14.2 Å². The third-order valence-corrected chi connectivity index (χ3v) is 6.25. The van der Waals surface area contributed by atoms with Crippen LogP contribution in [0, 0.1) is 6.92 Å². The van der Waals surface area contributed by atoms with Crippen LogP contribution in [0.15, 0.2) is 41.4 Å². The molecule has 1 N–H and O–H groups in total. The first-order valence-corrected chi connectivity index (χ1v) is 9.45. The zero-order valence-corrected chi connectivity index (χ0v) is 15.0. The molecule has 8 heteroatoms. The van der Waals surface area contributed by atoms with Crippen LogP contribution in [-0.2, 0) is 10.0 Å². The second-order valence-corrected chi connectivity index (χ2v) is 7.85. The number of benzene rings is 1. The number of rotatable bonds is 4. The molecule has 0 radical (unpaired) electrons. The number of ether oxygens (including phenoxy) is 1. The monoisotopic (exact) mass is 363 g/mol. The molecule has 134 valence electrons. The molecule has 25 heavy (non-hydrogen) atoms. The second kappa shape index (κ2) is 6.89. The van der Waals surface area contributed by atoms with Crippen LogP contribution >= 0.6 is 0 Å². The van der Waals surface area contributed by atoms with E-state index in [9.17, 15) is 13.2 Å². The number of sulfonamides is 1. The summed E-state index contributed by atoms with van der Waals surface area (Å²) in [6, 6.07) is 8.31. The Bertz CT molecular complexity index is 854.